The second-order valence-electron chi connectivity index (χ2n) is 7.43. The molecule has 4 rings (SSSR count). The zero-order chi connectivity index (χ0) is 23.9. The molecule has 2 aromatic carbocycles. The van der Waals surface area contributed by atoms with Crippen molar-refractivity contribution in [3.63, 3.8) is 0 Å². The van der Waals surface area contributed by atoms with Crippen LogP contribution in [0.2, 0.25) is 10.0 Å². The molecule has 0 saturated heterocycles. The van der Waals surface area contributed by atoms with Crippen LogP contribution in [0.3, 0.4) is 0 Å². The van der Waals surface area contributed by atoms with E-state index in [4.69, 9.17) is 32.7 Å². The molecule has 0 radical (unpaired) electrons. The molecule has 9 heteroatoms. The van der Waals surface area contributed by atoms with Gasteiger partial charge in [-0.05, 0) is 24.6 Å². The summed E-state index contributed by atoms with van der Waals surface area (Å²) in [5, 5.41) is 3.44. The van der Waals surface area contributed by atoms with Crippen molar-refractivity contribution in [2.45, 2.75) is 12.8 Å². The first-order valence-corrected chi connectivity index (χ1v) is 10.7. The van der Waals surface area contributed by atoms with Crippen LogP contribution < -0.4 is 10.1 Å². The van der Waals surface area contributed by atoms with Gasteiger partial charge in [0, 0.05) is 28.3 Å². The number of rotatable bonds is 5. The molecular weight excluding hydrogens is 469 g/mol. The average Bonchev–Trinajstić information content (AvgIpc) is 3.08. The fourth-order valence-corrected chi connectivity index (χ4v) is 4.73. The van der Waals surface area contributed by atoms with Crippen molar-refractivity contribution < 1.29 is 28.6 Å². The van der Waals surface area contributed by atoms with Gasteiger partial charge in [-0.15, -0.1) is 0 Å². The van der Waals surface area contributed by atoms with Crippen molar-refractivity contribution in [3.8, 4) is 5.75 Å². The number of carbonyl (C=O) groups is 3. The molecule has 1 N–H and O–H groups in total. The number of ketones is 1. The third-order valence-electron chi connectivity index (χ3n) is 5.57. The van der Waals surface area contributed by atoms with Crippen LogP contribution in [0.15, 0.2) is 53.2 Å². The van der Waals surface area contributed by atoms with E-state index in [0.717, 1.165) is 5.56 Å². The van der Waals surface area contributed by atoms with E-state index in [9.17, 15) is 14.4 Å². The van der Waals surface area contributed by atoms with Gasteiger partial charge in [0.1, 0.15) is 0 Å². The van der Waals surface area contributed by atoms with Gasteiger partial charge in [0.15, 0.2) is 18.1 Å². The van der Waals surface area contributed by atoms with Gasteiger partial charge in [0.25, 0.3) is 0 Å². The van der Waals surface area contributed by atoms with E-state index in [1.807, 2.05) is 12.1 Å². The highest BCUT2D eigenvalue weighted by atomic mass is 35.5. The highest BCUT2D eigenvalue weighted by Gasteiger charge is 2.43. The number of nitrogens with one attached hydrogen (secondary N) is 1. The second-order valence-corrected chi connectivity index (χ2v) is 8.24. The Morgan fingerprint density at radius 1 is 1.03 bits per heavy atom. The summed E-state index contributed by atoms with van der Waals surface area (Å²) in [4.78, 5) is 37.6. The van der Waals surface area contributed by atoms with Crippen LogP contribution in [0.4, 0.5) is 0 Å². The number of ether oxygens (including phenoxy) is 3. The summed E-state index contributed by atoms with van der Waals surface area (Å²) in [5.74, 6) is -2.07. The fourth-order valence-electron chi connectivity index (χ4n) is 4.12. The lowest BCUT2D eigenvalue weighted by atomic mass is 9.80. The molecule has 7 nitrogen and oxygen atoms in total. The highest BCUT2D eigenvalue weighted by molar-refractivity contribution is 6.37. The van der Waals surface area contributed by atoms with Crippen LogP contribution in [0.25, 0.3) is 5.70 Å². The maximum Gasteiger partial charge on any atom is 0.343 e. The van der Waals surface area contributed by atoms with Gasteiger partial charge >= 0.3 is 11.9 Å². The summed E-state index contributed by atoms with van der Waals surface area (Å²) in [6.07, 6.45) is 0. The number of fused-ring (bicyclic) bond motifs is 2. The number of dihydropyridines is 1. The zero-order valence-electron chi connectivity index (χ0n) is 18.0. The molecule has 0 spiro atoms. The third-order valence-corrected chi connectivity index (χ3v) is 6.13. The number of esters is 2. The summed E-state index contributed by atoms with van der Waals surface area (Å²) in [7, 11) is 2.51. The van der Waals surface area contributed by atoms with Gasteiger partial charge in [0.05, 0.1) is 35.5 Å². The minimum absolute atomic E-state index is 0.0944. The molecule has 0 aromatic heterocycles. The quantitative estimate of drug-likeness (QED) is 0.629. The van der Waals surface area contributed by atoms with Crippen LogP contribution in [0.5, 0.6) is 5.75 Å². The molecule has 1 aliphatic carbocycles. The predicted octanol–water partition coefficient (Wildman–Crippen LogP) is 4.29. The Kier molecular flexibility index (Phi) is 6.19. The Bertz CT molecular complexity index is 1240. The Labute approximate surface area is 199 Å². The predicted molar refractivity (Wildman–Crippen MR) is 122 cm³/mol. The Morgan fingerprint density at radius 2 is 1.67 bits per heavy atom. The first-order valence-electron chi connectivity index (χ1n) is 9.91. The number of carbonyl (C=O) groups excluding carboxylic acids is 3. The number of halogens is 2. The molecule has 33 heavy (non-hydrogen) atoms. The maximum absolute atomic E-state index is 13.4. The van der Waals surface area contributed by atoms with E-state index in [1.54, 1.807) is 31.2 Å². The molecule has 1 atom stereocenters. The number of hydrogen-bond acceptors (Lipinski definition) is 7. The zero-order valence-corrected chi connectivity index (χ0v) is 19.5. The van der Waals surface area contributed by atoms with E-state index in [2.05, 4.69) is 10.1 Å². The molecule has 1 heterocycles. The standard InChI is InChI=1S/C24H19Cl2NO6/c1-11-18(24(30)32-3)19(20-21(27-11)13-6-4-5-7-14(13)22(20)29)12-8-15(25)23(16(26)9-12)33-10-17(28)31-2/h4-9,19,27H,10H2,1-3H3/t19-/m1/s1. The van der Waals surface area contributed by atoms with E-state index in [0.29, 0.717) is 28.1 Å². The summed E-state index contributed by atoms with van der Waals surface area (Å²) in [6, 6.07) is 10.3. The van der Waals surface area contributed by atoms with E-state index in [-0.39, 0.29) is 33.8 Å². The first kappa shape index (κ1) is 22.9. The molecule has 0 unspecified atom stereocenters. The molecule has 0 saturated carbocycles. The molecular formula is C24H19Cl2NO6. The minimum atomic E-state index is -0.779. The smallest absolute Gasteiger partial charge is 0.343 e. The lowest BCUT2D eigenvalue weighted by Gasteiger charge is -2.29. The molecule has 170 valence electrons. The van der Waals surface area contributed by atoms with Crippen molar-refractivity contribution in [1.82, 2.24) is 5.32 Å². The first-order chi connectivity index (χ1) is 15.8. The van der Waals surface area contributed by atoms with Gasteiger partial charge in [-0.3, -0.25) is 4.79 Å². The second kappa shape index (κ2) is 8.92. The summed E-state index contributed by atoms with van der Waals surface area (Å²) >= 11 is 12.9. The number of allylic oxidation sites excluding steroid dienone is 2. The lowest BCUT2D eigenvalue weighted by Crippen LogP contribution is -2.29. The number of hydrogen-bond donors (Lipinski definition) is 1. The maximum atomic E-state index is 13.4. The monoisotopic (exact) mass is 487 g/mol. The lowest BCUT2D eigenvalue weighted by molar-refractivity contribution is -0.143. The van der Waals surface area contributed by atoms with Crippen molar-refractivity contribution in [3.05, 3.63) is 80.0 Å². The van der Waals surface area contributed by atoms with Gasteiger partial charge in [-0.1, -0.05) is 47.5 Å². The van der Waals surface area contributed by atoms with Gasteiger partial charge in [0.2, 0.25) is 0 Å². The van der Waals surface area contributed by atoms with E-state index < -0.39 is 17.9 Å². The topological polar surface area (TPSA) is 90.9 Å². The molecule has 2 aliphatic rings. The molecule has 0 bridgehead atoms. The third kappa shape index (κ3) is 3.87. The van der Waals surface area contributed by atoms with Gasteiger partial charge < -0.3 is 19.5 Å². The van der Waals surface area contributed by atoms with Crippen LogP contribution in [0, 0.1) is 0 Å². The van der Waals surface area contributed by atoms with Crippen molar-refractivity contribution >= 4 is 46.6 Å². The number of methoxy groups -OCH3 is 2. The largest absolute Gasteiger partial charge is 0.479 e. The molecule has 0 amide bonds. The molecule has 0 fully saturated rings. The average molecular weight is 488 g/mol. The van der Waals surface area contributed by atoms with Crippen LogP contribution in [-0.2, 0) is 19.1 Å². The molecule has 1 aliphatic heterocycles. The summed E-state index contributed by atoms with van der Waals surface area (Å²) in [6.45, 7) is 1.36. The van der Waals surface area contributed by atoms with Crippen LogP contribution in [0.1, 0.15) is 34.3 Å². The SMILES string of the molecule is COC(=O)COc1c(Cl)cc([C@@H]2C(C(=O)OC)=C(C)NC3=C2C(=O)c2ccccc23)cc1Cl. The number of benzene rings is 2. The van der Waals surface area contributed by atoms with Gasteiger partial charge in [-0.25, -0.2) is 9.59 Å². The molecule has 2 aromatic rings. The van der Waals surface area contributed by atoms with Crippen molar-refractivity contribution in [1.29, 1.82) is 0 Å². The Balaban J connectivity index is 1.86. The van der Waals surface area contributed by atoms with Gasteiger partial charge in [-0.2, -0.15) is 0 Å². The Hall–Kier alpha value is -3.29. The van der Waals surface area contributed by atoms with Crippen LogP contribution >= 0.6 is 23.2 Å². The Morgan fingerprint density at radius 3 is 2.27 bits per heavy atom. The van der Waals surface area contributed by atoms with Crippen molar-refractivity contribution in [2.75, 3.05) is 20.8 Å². The van der Waals surface area contributed by atoms with E-state index in [1.165, 1.54) is 14.2 Å². The van der Waals surface area contributed by atoms with Crippen molar-refractivity contribution in [2.24, 2.45) is 0 Å². The minimum Gasteiger partial charge on any atom is -0.479 e. The van der Waals surface area contributed by atoms with E-state index >= 15 is 0 Å². The summed E-state index contributed by atoms with van der Waals surface area (Å²) in [5.41, 5.74) is 3.64. The summed E-state index contributed by atoms with van der Waals surface area (Å²) < 4.78 is 15.0. The fraction of sp³-hybridized carbons (Fsp3) is 0.208. The highest BCUT2D eigenvalue weighted by Crippen LogP contribution is 2.48. The normalized spacial score (nSPS) is 16.8. The number of Topliss-reactive ketones (excluding diaryl/α,β-unsaturated/α-hetero) is 1. The van der Waals surface area contributed by atoms with Crippen LogP contribution in [-0.4, -0.2) is 38.5 Å².